The zero-order valence-electron chi connectivity index (χ0n) is 10.5. The molecule has 2 aromatic rings. The fourth-order valence-corrected chi connectivity index (χ4v) is 2.46. The number of nitrogens with zero attached hydrogens (tertiary/aromatic N) is 2. The van der Waals surface area contributed by atoms with E-state index in [2.05, 4.69) is 5.10 Å². The van der Waals surface area contributed by atoms with E-state index in [0.717, 1.165) is 10.6 Å². The number of aromatic nitrogens is 2. The maximum atomic E-state index is 12.9. The second kappa shape index (κ2) is 4.87. The van der Waals surface area contributed by atoms with Crippen LogP contribution in [0, 0.1) is 6.92 Å². The predicted octanol–water partition coefficient (Wildman–Crippen LogP) is 4.81. The second-order valence-corrected chi connectivity index (χ2v) is 4.67. The second-order valence-electron chi connectivity index (χ2n) is 4.31. The molecule has 0 saturated carbocycles. The number of rotatable bonds is 2. The fourth-order valence-electron chi connectivity index (χ4n) is 2.20. The summed E-state index contributed by atoms with van der Waals surface area (Å²) in [5.74, 6) is 0. The predicted molar refractivity (Wildman–Crippen MR) is 64.3 cm³/mol. The first-order valence-electron chi connectivity index (χ1n) is 5.74. The standard InChI is InChI=1S/C12H10ClF5N2/c1-3-6-8-5(2)4-7(11(14)15)10(13)20(8)19-9(6)12(16,17)18/h4,11H,3H2,1-2H3. The highest BCUT2D eigenvalue weighted by atomic mass is 35.5. The minimum absolute atomic E-state index is 0.0438. The van der Waals surface area contributed by atoms with Crippen molar-refractivity contribution in [3.8, 4) is 0 Å². The van der Waals surface area contributed by atoms with E-state index in [9.17, 15) is 22.0 Å². The highest BCUT2D eigenvalue weighted by Gasteiger charge is 2.38. The molecule has 0 spiro atoms. The van der Waals surface area contributed by atoms with Crippen LogP contribution in [0.1, 0.15) is 35.7 Å². The molecule has 0 aliphatic carbocycles. The van der Waals surface area contributed by atoms with Crippen molar-refractivity contribution in [1.29, 1.82) is 0 Å². The van der Waals surface area contributed by atoms with Gasteiger partial charge in [0.1, 0.15) is 5.15 Å². The summed E-state index contributed by atoms with van der Waals surface area (Å²) in [7, 11) is 0. The van der Waals surface area contributed by atoms with Gasteiger partial charge in [0, 0.05) is 5.56 Å². The molecule has 110 valence electrons. The normalized spacial score (nSPS) is 12.7. The van der Waals surface area contributed by atoms with Gasteiger partial charge in [-0.25, -0.2) is 13.3 Å². The summed E-state index contributed by atoms with van der Waals surface area (Å²) < 4.78 is 65.2. The molecular formula is C12H10ClF5N2. The SMILES string of the molecule is CCc1c(C(F)(F)F)nn2c(Cl)c(C(F)F)cc(C)c12. The van der Waals surface area contributed by atoms with Gasteiger partial charge in [0.05, 0.1) is 11.1 Å². The molecule has 2 nitrogen and oxygen atoms in total. The van der Waals surface area contributed by atoms with Gasteiger partial charge in [-0.05, 0) is 25.0 Å². The third-order valence-electron chi connectivity index (χ3n) is 3.01. The number of fused-ring (bicyclic) bond motifs is 1. The number of pyridine rings is 1. The molecule has 8 heteroatoms. The Morgan fingerprint density at radius 1 is 1.35 bits per heavy atom. The summed E-state index contributed by atoms with van der Waals surface area (Å²) in [6.07, 6.45) is -7.46. The van der Waals surface area contributed by atoms with Crippen molar-refractivity contribution in [2.75, 3.05) is 0 Å². The minimum atomic E-state index is -4.65. The van der Waals surface area contributed by atoms with Gasteiger partial charge >= 0.3 is 6.18 Å². The molecule has 0 saturated heterocycles. The Morgan fingerprint density at radius 3 is 2.40 bits per heavy atom. The quantitative estimate of drug-likeness (QED) is 0.574. The molecule has 0 N–H and O–H groups in total. The lowest BCUT2D eigenvalue weighted by molar-refractivity contribution is -0.141. The summed E-state index contributed by atoms with van der Waals surface area (Å²) in [6, 6.07) is 1.10. The van der Waals surface area contributed by atoms with E-state index in [1.807, 2.05) is 0 Å². The highest BCUT2D eigenvalue weighted by molar-refractivity contribution is 6.30. The van der Waals surface area contributed by atoms with E-state index >= 15 is 0 Å². The van der Waals surface area contributed by atoms with Gasteiger partial charge in [0.2, 0.25) is 0 Å². The van der Waals surface area contributed by atoms with E-state index in [-0.39, 0.29) is 23.1 Å². The molecule has 0 aliphatic rings. The van der Waals surface area contributed by atoms with E-state index in [0.29, 0.717) is 0 Å². The maximum absolute atomic E-state index is 12.9. The van der Waals surface area contributed by atoms with Crippen molar-refractivity contribution >= 4 is 17.1 Å². The Balaban J connectivity index is 2.90. The zero-order chi connectivity index (χ0) is 15.2. The van der Waals surface area contributed by atoms with Crippen molar-refractivity contribution in [3.63, 3.8) is 0 Å². The van der Waals surface area contributed by atoms with Crippen molar-refractivity contribution in [2.45, 2.75) is 32.9 Å². The zero-order valence-corrected chi connectivity index (χ0v) is 11.3. The van der Waals surface area contributed by atoms with Crippen LogP contribution in [-0.4, -0.2) is 9.61 Å². The van der Waals surface area contributed by atoms with Gasteiger partial charge < -0.3 is 0 Å². The third kappa shape index (κ3) is 2.24. The van der Waals surface area contributed by atoms with Crippen LogP contribution in [0.5, 0.6) is 0 Å². The number of aryl methyl sites for hydroxylation is 2. The highest BCUT2D eigenvalue weighted by Crippen LogP contribution is 2.37. The van der Waals surface area contributed by atoms with E-state index < -0.39 is 29.0 Å². The molecule has 2 aromatic heterocycles. The van der Waals surface area contributed by atoms with E-state index in [1.54, 1.807) is 6.92 Å². The molecule has 0 atom stereocenters. The Bertz CT molecular complexity index is 660. The lowest BCUT2D eigenvalue weighted by Crippen LogP contribution is -2.08. The summed E-state index contributed by atoms with van der Waals surface area (Å²) in [4.78, 5) is 0. The Morgan fingerprint density at radius 2 is 1.95 bits per heavy atom. The van der Waals surface area contributed by atoms with E-state index in [4.69, 9.17) is 11.6 Å². The average molecular weight is 313 g/mol. The maximum Gasteiger partial charge on any atom is 0.435 e. The molecule has 2 rings (SSSR count). The van der Waals surface area contributed by atoms with Crippen LogP contribution in [0.2, 0.25) is 5.15 Å². The summed E-state index contributed by atoms with van der Waals surface area (Å²) in [6.45, 7) is 3.00. The van der Waals surface area contributed by atoms with Crippen LogP contribution in [0.4, 0.5) is 22.0 Å². The van der Waals surface area contributed by atoms with Gasteiger partial charge in [-0.3, -0.25) is 0 Å². The largest absolute Gasteiger partial charge is 0.435 e. The van der Waals surface area contributed by atoms with Crippen molar-refractivity contribution in [2.24, 2.45) is 0 Å². The van der Waals surface area contributed by atoms with Crippen molar-refractivity contribution < 1.29 is 22.0 Å². The lowest BCUT2D eigenvalue weighted by Gasteiger charge is -2.08. The number of hydrogen-bond donors (Lipinski definition) is 0. The molecule has 0 unspecified atom stereocenters. The first kappa shape index (κ1) is 15.0. The van der Waals surface area contributed by atoms with Gasteiger partial charge in [0.15, 0.2) is 5.69 Å². The first-order valence-corrected chi connectivity index (χ1v) is 6.12. The molecule has 0 radical (unpaired) electrons. The van der Waals surface area contributed by atoms with Crippen LogP contribution >= 0.6 is 11.6 Å². The van der Waals surface area contributed by atoms with E-state index in [1.165, 1.54) is 6.92 Å². The van der Waals surface area contributed by atoms with Crippen LogP contribution < -0.4 is 0 Å². The lowest BCUT2D eigenvalue weighted by atomic mass is 10.1. The molecule has 0 amide bonds. The molecule has 0 aromatic carbocycles. The first-order chi connectivity index (χ1) is 9.18. The van der Waals surface area contributed by atoms with Gasteiger partial charge in [-0.15, -0.1) is 0 Å². The van der Waals surface area contributed by atoms with Crippen LogP contribution in [0.3, 0.4) is 0 Å². The Hall–Kier alpha value is -1.37. The third-order valence-corrected chi connectivity index (χ3v) is 3.39. The molecule has 2 heterocycles. The van der Waals surface area contributed by atoms with Crippen molar-refractivity contribution in [1.82, 2.24) is 9.61 Å². The van der Waals surface area contributed by atoms with Crippen LogP contribution in [-0.2, 0) is 12.6 Å². The average Bonchev–Trinajstić information content (AvgIpc) is 2.73. The van der Waals surface area contributed by atoms with Gasteiger partial charge in [-0.2, -0.15) is 18.3 Å². The monoisotopic (exact) mass is 312 g/mol. The Labute approximate surface area is 116 Å². The van der Waals surface area contributed by atoms with Crippen molar-refractivity contribution in [3.05, 3.63) is 33.6 Å². The fraction of sp³-hybridized carbons (Fsp3) is 0.417. The molecule has 0 bridgehead atoms. The summed E-state index contributed by atoms with van der Waals surface area (Å²) >= 11 is 5.75. The summed E-state index contributed by atoms with van der Waals surface area (Å²) in [5, 5.41) is 2.89. The smallest absolute Gasteiger partial charge is 0.221 e. The summed E-state index contributed by atoms with van der Waals surface area (Å²) in [5.41, 5.74) is -1.25. The number of hydrogen-bond acceptors (Lipinski definition) is 1. The molecule has 0 aliphatic heterocycles. The molecule has 20 heavy (non-hydrogen) atoms. The van der Waals surface area contributed by atoms with Gasteiger partial charge in [-0.1, -0.05) is 18.5 Å². The minimum Gasteiger partial charge on any atom is -0.221 e. The van der Waals surface area contributed by atoms with Gasteiger partial charge in [0.25, 0.3) is 6.43 Å². The van der Waals surface area contributed by atoms with Crippen LogP contribution in [0.25, 0.3) is 5.52 Å². The Kier molecular flexibility index (Phi) is 3.66. The number of alkyl halides is 5. The molecule has 0 fully saturated rings. The molecular weight excluding hydrogens is 303 g/mol. The van der Waals surface area contributed by atoms with Crippen LogP contribution in [0.15, 0.2) is 6.07 Å². The number of halogens is 6. The topological polar surface area (TPSA) is 17.3 Å².